The van der Waals surface area contributed by atoms with E-state index in [0.29, 0.717) is 5.69 Å². The van der Waals surface area contributed by atoms with Gasteiger partial charge in [-0.15, -0.1) is 0 Å². The Morgan fingerprint density at radius 2 is 1.90 bits per heavy atom. The number of carbonyl (C=O) groups is 1. The molecule has 1 aromatic carbocycles. The Morgan fingerprint density at radius 1 is 1.20 bits per heavy atom. The Bertz CT molecular complexity index is 660. The molecule has 0 saturated carbocycles. The molecule has 0 aliphatic heterocycles. The van der Waals surface area contributed by atoms with Gasteiger partial charge in [-0.05, 0) is 18.6 Å². The second-order valence-corrected chi connectivity index (χ2v) is 4.57. The van der Waals surface area contributed by atoms with E-state index in [4.69, 9.17) is 10.5 Å². The molecule has 0 aliphatic rings. The summed E-state index contributed by atoms with van der Waals surface area (Å²) in [6.45, 7) is 2.04. The van der Waals surface area contributed by atoms with Crippen molar-refractivity contribution in [2.45, 2.75) is 20.1 Å². The standard InChI is InChI=1S/C15H16N2O3/c1-11-2-4-12(5-3-11)10-20-15(19)9-17-8-13(16)6-7-14(17)18/h2-8H,9-10,16H2,1H3. The first-order chi connectivity index (χ1) is 9.54. The van der Waals surface area contributed by atoms with Crippen LogP contribution < -0.4 is 11.3 Å². The quantitative estimate of drug-likeness (QED) is 0.855. The molecular weight excluding hydrogens is 256 g/mol. The van der Waals surface area contributed by atoms with Crippen molar-refractivity contribution in [2.75, 3.05) is 5.73 Å². The van der Waals surface area contributed by atoms with Gasteiger partial charge >= 0.3 is 5.97 Å². The highest BCUT2D eigenvalue weighted by Crippen LogP contribution is 2.05. The lowest BCUT2D eigenvalue weighted by Crippen LogP contribution is -2.24. The lowest BCUT2D eigenvalue weighted by molar-refractivity contribution is -0.145. The number of ether oxygens (including phenoxy) is 1. The fourth-order valence-electron chi connectivity index (χ4n) is 1.71. The Hall–Kier alpha value is -2.56. The van der Waals surface area contributed by atoms with Gasteiger partial charge in [-0.2, -0.15) is 0 Å². The third-order valence-corrected chi connectivity index (χ3v) is 2.83. The largest absolute Gasteiger partial charge is 0.459 e. The van der Waals surface area contributed by atoms with Gasteiger partial charge in [0.1, 0.15) is 13.2 Å². The number of benzene rings is 1. The van der Waals surface area contributed by atoms with Gasteiger partial charge < -0.3 is 15.0 Å². The van der Waals surface area contributed by atoms with Crippen LogP contribution in [0.5, 0.6) is 0 Å². The molecule has 0 amide bonds. The lowest BCUT2D eigenvalue weighted by atomic mass is 10.2. The molecule has 2 N–H and O–H groups in total. The summed E-state index contributed by atoms with van der Waals surface area (Å²) in [4.78, 5) is 23.2. The predicted molar refractivity (Wildman–Crippen MR) is 76.1 cm³/mol. The van der Waals surface area contributed by atoms with Crippen molar-refractivity contribution in [1.82, 2.24) is 4.57 Å². The van der Waals surface area contributed by atoms with E-state index < -0.39 is 5.97 Å². The molecule has 0 aliphatic carbocycles. The van der Waals surface area contributed by atoms with Crippen molar-refractivity contribution in [3.8, 4) is 0 Å². The van der Waals surface area contributed by atoms with Crippen LogP contribution >= 0.6 is 0 Å². The molecular formula is C15H16N2O3. The first-order valence-electron chi connectivity index (χ1n) is 6.22. The fourth-order valence-corrected chi connectivity index (χ4v) is 1.71. The van der Waals surface area contributed by atoms with Crippen LogP contribution in [-0.2, 0) is 22.7 Å². The number of nitrogens with two attached hydrogens (primary N) is 1. The van der Waals surface area contributed by atoms with Gasteiger partial charge in [-0.3, -0.25) is 9.59 Å². The Kier molecular flexibility index (Phi) is 4.20. The highest BCUT2D eigenvalue weighted by molar-refractivity contribution is 5.69. The summed E-state index contributed by atoms with van der Waals surface area (Å²) in [5.74, 6) is -0.474. The van der Waals surface area contributed by atoms with Crippen LogP contribution in [-0.4, -0.2) is 10.5 Å². The number of anilines is 1. The molecule has 2 rings (SSSR count). The highest BCUT2D eigenvalue weighted by Gasteiger charge is 2.06. The van der Waals surface area contributed by atoms with Gasteiger partial charge in [0, 0.05) is 18.0 Å². The van der Waals surface area contributed by atoms with Crippen LogP contribution in [0.3, 0.4) is 0 Å². The highest BCUT2D eigenvalue weighted by atomic mass is 16.5. The molecule has 0 bridgehead atoms. The molecule has 1 aromatic heterocycles. The molecule has 0 unspecified atom stereocenters. The number of nitrogens with zero attached hydrogens (tertiary/aromatic N) is 1. The minimum atomic E-state index is -0.474. The van der Waals surface area contributed by atoms with Crippen molar-refractivity contribution in [3.05, 3.63) is 64.1 Å². The first-order valence-corrected chi connectivity index (χ1v) is 6.22. The number of hydrogen-bond acceptors (Lipinski definition) is 4. The van der Waals surface area contributed by atoms with Gasteiger partial charge in [0.15, 0.2) is 0 Å². The van der Waals surface area contributed by atoms with Crippen molar-refractivity contribution >= 4 is 11.7 Å². The van der Waals surface area contributed by atoms with E-state index in [1.807, 2.05) is 31.2 Å². The Labute approximate surface area is 116 Å². The zero-order chi connectivity index (χ0) is 14.5. The molecule has 0 spiro atoms. The van der Waals surface area contributed by atoms with Gasteiger partial charge in [0.2, 0.25) is 0 Å². The number of nitrogen functional groups attached to an aromatic ring is 1. The van der Waals surface area contributed by atoms with Gasteiger partial charge in [0.25, 0.3) is 5.56 Å². The topological polar surface area (TPSA) is 74.3 Å². The summed E-state index contributed by atoms with van der Waals surface area (Å²) in [5, 5.41) is 0. The van der Waals surface area contributed by atoms with E-state index >= 15 is 0 Å². The van der Waals surface area contributed by atoms with Gasteiger partial charge in [-0.1, -0.05) is 29.8 Å². The number of aryl methyl sites for hydroxylation is 1. The zero-order valence-electron chi connectivity index (χ0n) is 11.2. The van der Waals surface area contributed by atoms with Crippen molar-refractivity contribution in [3.63, 3.8) is 0 Å². The molecule has 5 heteroatoms. The van der Waals surface area contributed by atoms with Crippen LogP contribution in [0.25, 0.3) is 0 Å². The monoisotopic (exact) mass is 272 g/mol. The number of rotatable bonds is 4. The molecule has 0 saturated heterocycles. The minimum absolute atomic E-state index is 0.143. The molecule has 5 nitrogen and oxygen atoms in total. The minimum Gasteiger partial charge on any atom is -0.459 e. The molecule has 0 fully saturated rings. The van der Waals surface area contributed by atoms with E-state index in [0.717, 1.165) is 11.1 Å². The number of aromatic nitrogens is 1. The molecule has 1 heterocycles. The summed E-state index contributed by atoms with van der Waals surface area (Å²) < 4.78 is 6.36. The van der Waals surface area contributed by atoms with E-state index in [2.05, 4.69) is 0 Å². The van der Waals surface area contributed by atoms with E-state index in [1.165, 1.54) is 22.9 Å². The summed E-state index contributed by atoms with van der Waals surface area (Å²) >= 11 is 0. The summed E-state index contributed by atoms with van der Waals surface area (Å²) in [5.41, 5.74) is 7.76. The van der Waals surface area contributed by atoms with Crippen molar-refractivity contribution in [1.29, 1.82) is 0 Å². The van der Waals surface area contributed by atoms with Gasteiger partial charge in [-0.25, -0.2) is 0 Å². The molecule has 2 aromatic rings. The van der Waals surface area contributed by atoms with Crippen molar-refractivity contribution in [2.24, 2.45) is 0 Å². The maximum absolute atomic E-state index is 11.7. The average Bonchev–Trinajstić information content (AvgIpc) is 2.42. The van der Waals surface area contributed by atoms with Crippen molar-refractivity contribution < 1.29 is 9.53 Å². The third-order valence-electron chi connectivity index (χ3n) is 2.83. The van der Waals surface area contributed by atoms with Crippen LogP contribution in [0.4, 0.5) is 5.69 Å². The van der Waals surface area contributed by atoms with Crippen LogP contribution in [0.2, 0.25) is 0 Å². The summed E-state index contributed by atoms with van der Waals surface area (Å²) in [7, 11) is 0. The molecule has 0 radical (unpaired) electrons. The average molecular weight is 272 g/mol. The van der Waals surface area contributed by atoms with Crippen LogP contribution in [0.15, 0.2) is 47.4 Å². The van der Waals surface area contributed by atoms with E-state index in [-0.39, 0.29) is 18.7 Å². The number of pyridine rings is 1. The smallest absolute Gasteiger partial charge is 0.326 e. The third kappa shape index (κ3) is 3.71. The fraction of sp³-hybridized carbons (Fsp3) is 0.200. The first kappa shape index (κ1) is 13.9. The second-order valence-electron chi connectivity index (χ2n) is 4.57. The molecule has 104 valence electrons. The number of carbonyl (C=O) groups excluding carboxylic acids is 1. The number of hydrogen-bond donors (Lipinski definition) is 1. The Balaban J connectivity index is 1.94. The zero-order valence-corrected chi connectivity index (χ0v) is 11.2. The van der Waals surface area contributed by atoms with Gasteiger partial charge in [0.05, 0.1) is 0 Å². The summed E-state index contributed by atoms with van der Waals surface area (Å²) in [6, 6.07) is 10.5. The van der Waals surface area contributed by atoms with E-state index in [9.17, 15) is 9.59 Å². The van der Waals surface area contributed by atoms with E-state index in [1.54, 1.807) is 0 Å². The van der Waals surface area contributed by atoms with Crippen LogP contribution in [0, 0.1) is 6.92 Å². The predicted octanol–water partition coefficient (Wildman–Crippen LogP) is 1.48. The molecule has 20 heavy (non-hydrogen) atoms. The maximum atomic E-state index is 11.7. The lowest BCUT2D eigenvalue weighted by Gasteiger charge is -2.07. The maximum Gasteiger partial charge on any atom is 0.326 e. The normalized spacial score (nSPS) is 10.2. The second kappa shape index (κ2) is 6.06. The summed E-state index contributed by atoms with van der Waals surface area (Å²) in [6.07, 6.45) is 1.43. The van der Waals surface area contributed by atoms with Crippen LogP contribution in [0.1, 0.15) is 11.1 Å². The Morgan fingerprint density at radius 3 is 2.60 bits per heavy atom. The number of esters is 1. The molecule has 0 atom stereocenters. The SMILES string of the molecule is Cc1ccc(COC(=O)Cn2cc(N)ccc2=O)cc1.